The van der Waals surface area contributed by atoms with E-state index in [1.165, 1.54) is 0 Å². The smallest absolute Gasteiger partial charge is 0.407 e. The van der Waals surface area contributed by atoms with Gasteiger partial charge in [0.15, 0.2) is 0 Å². The SMILES string of the molecule is CNC(=O)OC1CC(C)(C)N(C(C)=O)C(C)(C)C1. The maximum absolute atomic E-state index is 11.8. The lowest BCUT2D eigenvalue weighted by Gasteiger charge is -2.54. The van der Waals surface area contributed by atoms with Crippen molar-refractivity contribution in [3.05, 3.63) is 0 Å². The topological polar surface area (TPSA) is 58.6 Å². The van der Waals surface area contributed by atoms with Crippen LogP contribution in [0.3, 0.4) is 0 Å². The lowest BCUT2D eigenvalue weighted by Crippen LogP contribution is -2.63. The van der Waals surface area contributed by atoms with Gasteiger partial charge in [-0.2, -0.15) is 0 Å². The van der Waals surface area contributed by atoms with Gasteiger partial charge < -0.3 is 15.0 Å². The fourth-order valence-corrected chi connectivity index (χ4v) is 3.33. The maximum atomic E-state index is 11.8. The van der Waals surface area contributed by atoms with E-state index < -0.39 is 6.09 Å². The standard InChI is InChI=1S/C13H24N2O3/c1-9(16)15-12(2,3)7-10(8-13(15,4)5)18-11(17)14-6/h10H,7-8H2,1-6H3,(H,14,17). The molecule has 0 radical (unpaired) electrons. The van der Waals surface area contributed by atoms with Crippen molar-refractivity contribution in [1.82, 2.24) is 10.2 Å². The van der Waals surface area contributed by atoms with Crippen molar-refractivity contribution in [1.29, 1.82) is 0 Å². The Morgan fingerprint density at radius 2 is 1.61 bits per heavy atom. The number of carbonyl (C=O) groups is 2. The third-order valence-electron chi connectivity index (χ3n) is 3.46. The highest BCUT2D eigenvalue weighted by Gasteiger charge is 2.47. The zero-order valence-electron chi connectivity index (χ0n) is 12.2. The molecule has 1 rings (SSSR count). The summed E-state index contributed by atoms with van der Waals surface area (Å²) in [4.78, 5) is 25.0. The first-order valence-corrected chi connectivity index (χ1v) is 6.29. The molecule has 0 aliphatic carbocycles. The van der Waals surface area contributed by atoms with Crippen LogP contribution in [0, 0.1) is 0 Å². The van der Waals surface area contributed by atoms with Crippen molar-refractivity contribution in [2.24, 2.45) is 0 Å². The van der Waals surface area contributed by atoms with Crippen LogP contribution < -0.4 is 5.32 Å². The highest BCUT2D eigenvalue weighted by Crippen LogP contribution is 2.39. The van der Waals surface area contributed by atoms with Gasteiger partial charge in [-0.1, -0.05) is 0 Å². The summed E-state index contributed by atoms with van der Waals surface area (Å²) >= 11 is 0. The first kappa shape index (κ1) is 14.8. The molecule has 5 nitrogen and oxygen atoms in total. The summed E-state index contributed by atoms with van der Waals surface area (Å²) in [5, 5.41) is 2.46. The van der Waals surface area contributed by atoms with E-state index in [0.29, 0.717) is 12.8 Å². The van der Waals surface area contributed by atoms with Crippen molar-refractivity contribution in [2.75, 3.05) is 7.05 Å². The zero-order valence-corrected chi connectivity index (χ0v) is 12.2. The van der Waals surface area contributed by atoms with Crippen molar-refractivity contribution >= 4 is 12.0 Å². The predicted octanol–water partition coefficient (Wildman–Crippen LogP) is 1.91. The van der Waals surface area contributed by atoms with Gasteiger partial charge in [0.05, 0.1) is 0 Å². The predicted molar refractivity (Wildman–Crippen MR) is 69.2 cm³/mol. The number of carbonyl (C=O) groups excluding carboxylic acids is 2. The average Bonchev–Trinajstić information content (AvgIpc) is 2.11. The highest BCUT2D eigenvalue weighted by molar-refractivity contribution is 5.75. The number of likely N-dealkylation sites (tertiary alicyclic amines) is 1. The number of nitrogens with one attached hydrogen (secondary N) is 1. The molecular formula is C13H24N2O3. The molecule has 1 heterocycles. The van der Waals surface area contributed by atoms with Gasteiger partial charge >= 0.3 is 6.09 Å². The van der Waals surface area contributed by atoms with Crippen LogP contribution in [0.25, 0.3) is 0 Å². The minimum atomic E-state index is -0.414. The summed E-state index contributed by atoms with van der Waals surface area (Å²) in [6, 6.07) is 0. The van der Waals surface area contributed by atoms with E-state index in [1.54, 1.807) is 14.0 Å². The lowest BCUT2D eigenvalue weighted by molar-refractivity contribution is -0.152. The molecule has 0 saturated carbocycles. The third kappa shape index (κ3) is 2.94. The molecule has 0 aromatic carbocycles. The summed E-state index contributed by atoms with van der Waals surface area (Å²) in [7, 11) is 1.54. The van der Waals surface area contributed by atoms with E-state index in [2.05, 4.69) is 5.32 Å². The van der Waals surface area contributed by atoms with Gasteiger partial charge in [-0.25, -0.2) is 4.79 Å². The van der Waals surface area contributed by atoms with Crippen LogP contribution >= 0.6 is 0 Å². The van der Waals surface area contributed by atoms with E-state index in [9.17, 15) is 9.59 Å². The van der Waals surface area contributed by atoms with E-state index in [1.807, 2.05) is 32.6 Å². The second-order valence-electron chi connectivity index (χ2n) is 6.16. The first-order chi connectivity index (χ1) is 8.10. The molecule has 18 heavy (non-hydrogen) atoms. The fraction of sp³-hybridized carbons (Fsp3) is 0.846. The van der Waals surface area contributed by atoms with Gasteiger partial charge in [-0.3, -0.25) is 4.79 Å². The molecule has 2 amide bonds. The molecule has 0 unspecified atom stereocenters. The van der Waals surface area contributed by atoms with Crippen LogP contribution in [0.4, 0.5) is 4.79 Å². The normalized spacial score (nSPS) is 22.4. The Morgan fingerprint density at radius 3 is 1.94 bits per heavy atom. The van der Waals surface area contributed by atoms with Crippen LogP contribution in [0.2, 0.25) is 0 Å². The van der Waals surface area contributed by atoms with Crippen LogP contribution in [-0.4, -0.2) is 41.1 Å². The van der Waals surface area contributed by atoms with Crippen molar-refractivity contribution < 1.29 is 14.3 Å². The largest absolute Gasteiger partial charge is 0.446 e. The number of nitrogens with zero attached hydrogens (tertiary/aromatic N) is 1. The van der Waals surface area contributed by atoms with Gasteiger partial charge in [0.1, 0.15) is 6.10 Å². The van der Waals surface area contributed by atoms with Crippen molar-refractivity contribution in [2.45, 2.75) is 64.6 Å². The maximum Gasteiger partial charge on any atom is 0.407 e. The Balaban J connectivity index is 2.91. The number of piperidine rings is 1. The summed E-state index contributed by atoms with van der Waals surface area (Å²) in [6.45, 7) is 9.62. The number of ether oxygens (including phenoxy) is 1. The molecule has 1 saturated heterocycles. The summed E-state index contributed by atoms with van der Waals surface area (Å²) in [5.41, 5.74) is -0.626. The number of amides is 2. The van der Waals surface area contributed by atoms with E-state index in [0.717, 1.165) is 0 Å². The number of hydrogen-bond acceptors (Lipinski definition) is 3. The molecule has 0 aromatic heterocycles. The monoisotopic (exact) mass is 256 g/mol. The number of alkyl carbamates (subject to hydrolysis) is 1. The third-order valence-corrected chi connectivity index (χ3v) is 3.46. The lowest BCUT2D eigenvalue weighted by atomic mass is 9.78. The van der Waals surface area contributed by atoms with Crippen LogP contribution in [-0.2, 0) is 9.53 Å². The molecule has 1 N–H and O–H groups in total. The average molecular weight is 256 g/mol. The van der Waals surface area contributed by atoms with Crippen molar-refractivity contribution in [3.8, 4) is 0 Å². The second-order valence-corrected chi connectivity index (χ2v) is 6.16. The molecular weight excluding hydrogens is 232 g/mol. The van der Waals surface area contributed by atoms with Gasteiger partial charge in [0, 0.05) is 37.9 Å². The first-order valence-electron chi connectivity index (χ1n) is 6.29. The van der Waals surface area contributed by atoms with E-state index >= 15 is 0 Å². The Bertz CT molecular complexity index is 332. The Morgan fingerprint density at radius 1 is 1.17 bits per heavy atom. The fourth-order valence-electron chi connectivity index (χ4n) is 3.33. The van der Waals surface area contributed by atoms with Crippen molar-refractivity contribution in [3.63, 3.8) is 0 Å². The van der Waals surface area contributed by atoms with Crippen LogP contribution in [0.5, 0.6) is 0 Å². The number of hydrogen-bond donors (Lipinski definition) is 1. The van der Waals surface area contributed by atoms with Crippen LogP contribution in [0.15, 0.2) is 0 Å². The summed E-state index contributed by atoms with van der Waals surface area (Å²) < 4.78 is 5.35. The second kappa shape index (κ2) is 4.78. The van der Waals surface area contributed by atoms with Gasteiger partial charge in [-0.05, 0) is 27.7 Å². The highest BCUT2D eigenvalue weighted by atomic mass is 16.6. The molecule has 0 bridgehead atoms. The molecule has 1 aliphatic rings. The molecule has 104 valence electrons. The Labute approximate surface area is 109 Å². The molecule has 0 aromatic rings. The zero-order chi connectivity index (χ0) is 14.1. The van der Waals surface area contributed by atoms with E-state index in [-0.39, 0.29) is 23.1 Å². The summed E-state index contributed by atoms with van der Waals surface area (Å²) in [6.07, 6.45) is 0.737. The Hall–Kier alpha value is -1.26. The Kier molecular flexibility index (Phi) is 3.93. The van der Waals surface area contributed by atoms with Gasteiger partial charge in [0.2, 0.25) is 5.91 Å². The minimum Gasteiger partial charge on any atom is -0.446 e. The van der Waals surface area contributed by atoms with Gasteiger partial charge in [-0.15, -0.1) is 0 Å². The molecule has 5 heteroatoms. The molecule has 1 aliphatic heterocycles. The summed E-state index contributed by atoms with van der Waals surface area (Å²) in [5.74, 6) is 0.0587. The number of rotatable bonds is 1. The molecule has 0 atom stereocenters. The quantitative estimate of drug-likeness (QED) is 0.779. The van der Waals surface area contributed by atoms with E-state index in [4.69, 9.17) is 4.74 Å². The molecule has 0 spiro atoms. The van der Waals surface area contributed by atoms with Crippen LogP contribution in [0.1, 0.15) is 47.5 Å². The van der Waals surface area contributed by atoms with Gasteiger partial charge in [0.25, 0.3) is 0 Å². The minimum absolute atomic E-state index is 0.0587. The molecule has 1 fully saturated rings.